The Morgan fingerprint density at radius 3 is 2.83 bits per heavy atom. The second-order valence-electron chi connectivity index (χ2n) is 6.73. The lowest BCUT2D eigenvalue weighted by Crippen LogP contribution is -2.33. The molecule has 1 aromatic carbocycles. The molecule has 7 nitrogen and oxygen atoms in total. The lowest BCUT2D eigenvalue weighted by atomic mass is 10.0. The van der Waals surface area contributed by atoms with Crippen LogP contribution >= 0.6 is 11.3 Å². The standard InChI is InChI=1S/C21H21N3O4S/c1-13-3-8-19(27-13)21-23-15(12-29-21)9-20(25)22-11-17-10-18(24-28-17)14-4-6-16(26-2)7-5-14/h3-8,12,17H,9-11H2,1-2H3,(H,22,25)/t17-/m0/s1. The molecule has 150 valence electrons. The fourth-order valence-electron chi connectivity index (χ4n) is 3.00. The van der Waals surface area contributed by atoms with Crippen molar-refractivity contribution in [3.8, 4) is 16.5 Å². The number of aromatic nitrogens is 1. The van der Waals surface area contributed by atoms with Crippen LogP contribution in [0.5, 0.6) is 5.75 Å². The van der Waals surface area contributed by atoms with Crippen molar-refractivity contribution in [2.45, 2.75) is 25.9 Å². The molecule has 2 aromatic heterocycles. The van der Waals surface area contributed by atoms with E-state index in [-0.39, 0.29) is 18.4 Å². The first-order valence-electron chi connectivity index (χ1n) is 9.26. The van der Waals surface area contributed by atoms with Gasteiger partial charge in [-0.25, -0.2) is 4.98 Å². The van der Waals surface area contributed by atoms with E-state index in [1.807, 2.05) is 48.7 Å². The fourth-order valence-corrected chi connectivity index (χ4v) is 3.78. The number of benzene rings is 1. The van der Waals surface area contributed by atoms with Gasteiger partial charge in [0.25, 0.3) is 0 Å². The number of methoxy groups -OCH3 is 1. The highest BCUT2D eigenvalue weighted by atomic mass is 32.1. The molecule has 0 saturated carbocycles. The first-order chi connectivity index (χ1) is 14.1. The number of nitrogens with one attached hydrogen (secondary N) is 1. The van der Waals surface area contributed by atoms with Crippen LogP contribution in [0, 0.1) is 6.92 Å². The summed E-state index contributed by atoms with van der Waals surface area (Å²) in [5.74, 6) is 2.26. The normalized spacial score (nSPS) is 15.7. The number of ether oxygens (including phenoxy) is 1. The maximum atomic E-state index is 12.3. The van der Waals surface area contributed by atoms with E-state index in [1.165, 1.54) is 11.3 Å². The Balaban J connectivity index is 1.25. The van der Waals surface area contributed by atoms with Crippen LogP contribution in [0.3, 0.4) is 0 Å². The van der Waals surface area contributed by atoms with Crippen LogP contribution in [0.4, 0.5) is 0 Å². The lowest BCUT2D eigenvalue weighted by molar-refractivity contribution is -0.121. The maximum Gasteiger partial charge on any atom is 0.226 e. The monoisotopic (exact) mass is 411 g/mol. The van der Waals surface area contributed by atoms with Gasteiger partial charge in [-0.3, -0.25) is 4.79 Å². The molecule has 0 spiro atoms. The van der Waals surface area contributed by atoms with Crippen LogP contribution in [0.15, 0.2) is 51.4 Å². The Bertz CT molecular complexity index is 1020. The van der Waals surface area contributed by atoms with Crippen molar-refractivity contribution in [3.05, 3.63) is 58.8 Å². The molecule has 0 saturated heterocycles. The Morgan fingerprint density at radius 1 is 1.28 bits per heavy atom. The number of hydrogen-bond donors (Lipinski definition) is 1. The van der Waals surface area contributed by atoms with E-state index in [0.29, 0.717) is 13.0 Å². The van der Waals surface area contributed by atoms with E-state index < -0.39 is 0 Å². The average Bonchev–Trinajstić information content (AvgIpc) is 3.47. The minimum atomic E-state index is -0.173. The molecule has 1 amide bonds. The van der Waals surface area contributed by atoms with Gasteiger partial charge in [0.15, 0.2) is 10.8 Å². The summed E-state index contributed by atoms with van der Waals surface area (Å²) < 4.78 is 10.7. The van der Waals surface area contributed by atoms with E-state index in [2.05, 4.69) is 15.5 Å². The van der Waals surface area contributed by atoms with Crippen molar-refractivity contribution in [2.75, 3.05) is 13.7 Å². The van der Waals surface area contributed by atoms with Crippen LogP contribution < -0.4 is 10.1 Å². The molecule has 1 atom stereocenters. The third kappa shape index (κ3) is 4.65. The number of hydrogen-bond acceptors (Lipinski definition) is 7. The second kappa shape index (κ2) is 8.48. The Labute approximate surface area is 172 Å². The van der Waals surface area contributed by atoms with E-state index in [0.717, 1.165) is 39.2 Å². The summed E-state index contributed by atoms with van der Waals surface area (Å²) in [6, 6.07) is 11.5. The summed E-state index contributed by atoms with van der Waals surface area (Å²) in [6.07, 6.45) is 0.688. The van der Waals surface area contributed by atoms with Crippen molar-refractivity contribution in [1.29, 1.82) is 0 Å². The van der Waals surface area contributed by atoms with Crippen molar-refractivity contribution >= 4 is 23.0 Å². The predicted molar refractivity (Wildman–Crippen MR) is 110 cm³/mol. The molecule has 3 aromatic rings. The minimum absolute atomic E-state index is 0.0982. The van der Waals surface area contributed by atoms with Crippen LogP contribution in [-0.4, -0.2) is 36.4 Å². The van der Waals surface area contributed by atoms with E-state index in [9.17, 15) is 4.79 Å². The van der Waals surface area contributed by atoms with Crippen molar-refractivity contribution in [3.63, 3.8) is 0 Å². The molecule has 1 aliphatic rings. The molecular weight excluding hydrogens is 390 g/mol. The van der Waals surface area contributed by atoms with Crippen LogP contribution in [0.25, 0.3) is 10.8 Å². The quantitative estimate of drug-likeness (QED) is 0.642. The topological polar surface area (TPSA) is 86.0 Å². The van der Waals surface area contributed by atoms with Gasteiger partial charge >= 0.3 is 0 Å². The molecular formula is C21H21N3O4S. The van der Waals surface area contributed by atoms with Gasteiger partial charge in [0.05, 0.1) is 31.5 Å². The Hall–Kier alpha value is -3.13. The second-order valence-corrected chi connectivity index (χ2v) is 7.59. The van der Waals surface area contributed by atoms with Crippen molar-refractivity contribution in [1.82, 2.24) is 10.3 Å². The minimum Gasteiger partial charge on any atom is -0.497 e. The zero-order valence-corrected chi connectivity index (χ0v) is 17.0. The molecule has 8 heteroatoms. The van der Waals surface area contributed by atoms with Crippen LogP contribution in [0.2, 0.25) is 0 Å². The van der Waals surface area contributed by atoms with Gasteiger partial charge in [-0.2, -0.15) is 0 Å². The first-order valence-corrected chi connectivity index (χ1v) is 10.1. The van der Waals surface area contributed by atoms with Crippen LogP contribution in [-0.2, 0) is 16.1 Å². The maximum absolute atomic E-state index is 12.3. The molecule has 29 heavy (non-hydrogen) atoms. The number of carbonyl (C=O) groups is 1. The lowest BCUT2D eigenvalue weighted by Gasteiger charge is -2.09. The van der Waals surface area contributed by atoms with Gasteiger partial charge < -0.3 is 19.3 Å². The highest BCUT2D eigenvalue weighted by Gasteiger charge is 2.23. The third-order valence-electron chi connectivity index (χ3n) is 4.53. The molecule has 0 radical (unpaired) electrons. The zero-order valence-electron chi connectivity index (χ0n) is 16.2. The van der Waals surface area contributed by atoms with E-state index in [1.54, 1.807) is 7.11 Å². The van der Waals surface area contributed by atoms with Gasteiger partial charge in [-0.05, 0) is 48.9 Å². The molecule has 1 aliphatic heterocycles. The number of thiazole rings is 1. The predicted octanol–water partition coefficient (Wildman–Crippen LogP) is 3.57. The molecule has 0 fully saturated rings. The average molecular weight is 411 g/mol. The Kier molecular flexibility index (Phi) is 5.62. The number of carbonyl (C=O) groups excluding carboxylic acids is 1. The zero-order chi connectivity index (χ0) is 20.2. The fraction of sp³-hybridized carbons (Fsp3) is 0.286. The first kappa shape index (κ1) is 19.2. The van der Waals surface area contributed by atoms with Crippen molar-refractivity contribution < 1.29 is 18.8 Å². The number of aryl methyl sites for hydroxylation is 1. The highest BCUT2D eigenvalue weighted by Crippen LogP contribution is 2.25. The van der Waals surface area contributed by atoms with Gasteiger partial charge in [0, 0.05) is 11.8 Å². The SMILES string of the molecule is COc1ccc(C2=NO[C@H](CNC(=O)Cc3csc(-c4ccc(C)o4)n3)C2)cc1. The Morgan fingerprint density at radius 2 is 2.10 bits per heavy atom. The highest BCUT2D eigenvalue weighted by molar-refractivity contribution is 7.13. The van der Waals surface area contributed by atoms with Gasteiger partial charge in [0.1, 0.15) is 17.6 Å². The molecule has 1 N–H and O–H groups in total. The molecule has 0 bridgehead atoms. The number of oxime groups is 1. The third-order valence-corrected chi connectivity index (χ3v) is 5.43. The van der Waals surface area contributed by atoms with Crippen molar-refractivity contribution in [2.24, 2.45) is 5.16 Å². The number of amides is 1. The smallest absolute Gasteiger partial charge is 0.226 e. The molecule has 4 rings (SSSR count). The largest absolute Gasteiger partial charge is 0.497 e. The number of rotatable bonds is 7. The number of nitrogens with zero attached hydrogens (tertiary/aromatic N) is 2. The summed E-state index contributed by atoms with van der Waals surface area (Å²) in [7, 11) is 1.63. The number of furan rings is 1. The molecule has 3 heterocycles. The van der Waals surface area contributed by atoms with Crippen LogP contribution in [0.1, 0.15) is 23.4 Å². The van der Waals surface area contributed by atoms with Gasteiger partial charge in [0.2, 0.25) is 5.91 Å². The van der Waals surface area contributed by atoms with Gasteiger partial charge in [-0.1, -0.05) is 5.16 Å². The molecule has 0 unspecified atom stereocenters. The summed E-state index contributed by atoms with van der Waals surface area (Å²) in [4.78, 5) is 22.2. The molecule has 0 aliphatic carbocycles. The van der Waals surface area contributed by atoms with E-state index in [4.69, 9.17) is 14.0 Å². The summed E-state index contributed by atoms with van der Waals surface area (Å²) >= 11 is 1.47. The summed E-state index contributed by atoms with van der Waals surface area (Å²) in [5.41, 5.74) is 2.58. The van der Waals surface area contributed by atoms with E-state index >= 15 is 0 Å². The summed E-state index contributed by atoms with van der Waals surface area (Å²) in [6.45, 7) is 2.29. The van der Waals surface area contributed by atoms with Gasteiger partial charge in [-0.15, -0.1) is 11.3 Å². The summed E-state index contributed by atoms with van der Waals surface area (Å²) in [5, 5.41) is 9.70.